The van der Waals surface area contributed by atoms with Gasteiger partial charge < -0.3 is 20.5 Å². The Kier molecular flexibility index (Phi) is 7.73. The number of carbonyl (C=O) groups is 1. The molecule has 0 saturated heterocycles. The van der Waals surface area contributed by atoms with Gasteiger partial charge in [0.1, 0.15) is 0 Å². The average Bonchev–Trinajstić information content (AvgIpc) is 2.06. The van der Waals surface area contributed by atoms with E-state index >= 15 is 0 Å². The van der Waals surface area contributed by atoms with Crippen molar-refractivity contribution in [1.82, 2.24) is 10.6 Å². The minimum Gasteiger partial charge on any atom is -0.396 e. The summed E-state index contributed by atoms with van der Waals surface area (Å²) < 4.78 is 4.74. The second-order valence-electron chi connectivity index (χ2n) is 2.25. The number of urea groups is 1. The molecule has 0 rings (SSSR count). The predicted octanol–water partition coefficient (Wildman–Crippen LogP) is -0.686. The normalized spacial score (nSPS) is 9.50. The lowest BCUT2D eigenvalue weighted by Gasteiger charge is -2.05. The molecule has 0 atom stereocenters. The van der Waals surface area contributed by atoms with Crippen LogP contribution in [-0.2, 0) is 4.74 Å². The maximum Gasteiger partial charge on any atom is 0.314 e. The first-order valence-electron chi connectivity index (χ1n) is 3.92. The number of ether oxygens (including phenoxy) is 1. The van der Waals surface area contributed by atoms with Crippen LogP contribution in [0.5, 0.6) is 0 Å². The highest BCUT2D eigenvalue weighted by molar-refractivity contribution is 5.73. The number of nitrogens with one attached hydrogen (secondary N) is 2. The number of methoxy groups -OCH3 is 1. The van der Waals surface area contributed by atoms with Crippen LogP contribution in [0, 0.1) is 0 Å². The summed E-state index contributed by atoms with van der Waals surface area (Å²) in [5.41, 5.74) is 0. The fourth-order valence-electron chi connectivity index (χ4n) is 0.610. The highest BCUT2D eigenvalue weighted by Gasteiger charge is 1.96. The number of carbonyl (C=O) groups excluding carboxylic acids is 1. The summed E-state index contributed by atoms with van der Waals surface area (Å²) in [7, 11) is 1.57. The van der Waals surface area contributed by atoms with Crippen LogP contribution < -0.4 is 10.6 Å². The van der Waals surface area contributed by atoms with Gasteiger partial charge in [-0.05, 0) is 6.42 Å². The lowest BCUT2D eigenvalue weighted by atomic mass is 10.4. The third kappa shape index (κ3) is 7.30. The number of rotatable bonds is 6. The van der Waals surface area contributed by atoms with Gasteiger partial charge in [0.15, 0.2) is 0 Å². The number of hydrogen-bond donors (Lipinski definition) is 3. The van der Waals surface area contributed by atoms with E-state index in [2.05, 4.69) is 10.6 Å². The molecule has 5 nitrogen and oxygen atoms in total. The van der Waals surface area contributed by atoms with Crippen molar-refractivity contribution < 1.29 is 14.6 Å². The van der Waals surface area contributed by atoms with Gasteiger partial charge in [-0.3, -0.25) is 0 Å². The zero-order valence-electron chi connectivity index (χ0n) is 7.30. The maximum absolute atomic E-state index is 10.8. The van der Waals surface area contributed by atoms with Gasteiger partial charge in [-0.25, -0.2) is 4.79 Å². The lowest BCUT2D eigenvalue weighted by molar-refractivity contribution is 0.195. The third-order valence-corrected chi connectivity index (χ3v) is 1.21. The van der Waals surface area contributed by atoms with E-state index in [0.29, 0.717) is 26.1 Å². The quantitative estimate of drug-likeness (QED) is 0.469. The molecule has 0 aliphatic rings. The van der Waals surface area contributed by atoms with Crippen LogP contribution in [0.25, 0.3) is 0 Å². The standard InChI is InChI=1S/C7H16N2O3/c1-12-6-4-9-7(11)8-3-2-5-10/h10H,2-6H2,1H3,(H2,8,9,11). The summed E-state index contributed by atoms with van der Waals surface area (Å²) in [5.74, 6) is 0. The molecule has 72 valence electrons. The molecule has 0 fully saturated rings. The van der Waals surface area contributed by atoms with Crippen LogP contribution in [0.15, 0.2) is 0 Å². The monoisotopic (exact) mass is 176 g/mol. The van der Waals surface area contributed by atoms with E-state index in [-0.39, 0.29) is 12.6 Å². The summed E-state index contributed by atoms with van der Waals surface area (Å²) in [6, 6.07) is -0.222. The van der Waals surface area contributed by atoms with Gasteiger partial charge >= 0.3 is 6.03 Å². The number of aliphatic hydroxyl groups is 1. The minimum absolute atomic E-state index is 0.0956. The van der Waals surface area contributed by atoms with Crippen molar-refractivity contribution in [2.24, 2.45) is 0 Å². The van der Waals surface area contributed by atoms with Crippen LogP contribution in [0.4, 0.5) is 4.79 Å². The van der Waals surface area contributed by atoms with Crippen LogP contribution in [0.3, 0.4) is 0 Å². The van der Waals surface area contributed by atoms with Crippen molar-refractivity contribution in [3.63, 3.8) is 0 Å². The number of aliphatic hydroxyl groups excluding tert-OH is 1. The molecule has 0 bridgehead atoms. The van der Waals surface area contributed by atoms with Crippen LogP contribution in [-0.4, -0.2) is 44.6 Å². The largest absolute Gasteiger partial charge is 0.396 e. The van der Waals surface area contributed by atoms with E-state index in [0.717, 1.165) is 0 Å². The zero-order valence-corrected chi connectivity index (χ0v) is 7.30. The highest BCUT2D eigenvalue weighted by atomic mass is 16.5. The first-order chi connectivity index (χ1) is 5.81. The molecule has 3 N–H and O–H groups in total. The Morgan fingerprint density at radius 1 is 1.42 bits per heavy atom. The third-order valence-electron chi connectivity index (χ3n) is 1.21. The molecule has 2 amide bonds. The molecule has 0 aromatic heterocycles. The maximum atomic E-state index is 10.8. The summed E-state index contributed by atoms with van der Waals surface area (Å²) in [4.78, 5) is 10.8. The van der Waals surface area contributed by atoms with Gasteiger partial charge in [0.2, 0.25) is 0 Å². The Balaban J connectivity index is 3.10. The van der Waals surface area contributed by atoms with Gasteiger partial charge in [0.05, 0.1) is 6.61 Å². The van der Waals surface area contributed by atoms with Crippen LogP contribution >= 0.6 is 0 Å². The smallest absolute Gasteiger partial charge is 0.314 e. The predicted molar refractivity (Wildman–Crippen MR) is 45.0 cm³/mol. The van der Waals surface area contributed by atoms with Crippen molar-refractivity contribution in [2.45, 2.75) is 6.42 Å². The molecule has 0 saturated carbocycles. The fourth-order valence-corrected chi connectivity index (χ4v) is 0.610. The van der Waals surface area contributed by atoms with E-state index in [9.17, 15) is 4.79 Å². The Morgan fingerprint density at radius 3 is 2.67 bits per heavy atom. The van der Waals surface area contributed by atoms with Gasteiger partial charge in [-0.2, -0.15) is 0 Å². The molecule has 0 radical (unpaired) electrons. The van der Waals surface area contributed by atoms with Crippen molar-refractivity contribution in [2.75, 3.05) is 33.4 Å². The van der Waals surface area contributed by atoms with Crippen LogP contribution in [0.1, 0.15) is 6.42 Å². The topological polar surface area (TPSA) is 70.6 Å². The molecule has 0 heterocycles. The van der Waals surface area contributed by atoms with Crippen molar-refractivity contribution in [3.05, 3.63) is 0 Å². The van der Waals surface area contributed by atoms with E-state index in [1.54, 1.807) is 7.11 Å². The molecule has 0 unspecified atom stereocenters. The molecule has 5 heteroatoms. The second kappa shape index (κ2) is 8.29. The molecular formula is C7H16N2O3. The summed E-state index contributed by atoms with van der Waals surface area (Å²) in [6.07, 6.45) is 0.581. The second-order valence-corrected chi connectivity index (χ2v) is 2.25. The first kappa shape index (κ1) is 11.2. The van der Waals surface area contributed by atoms with Crippen molar-refractivity contribution >= 4 is 6.03 Å². The van der Waals surface area contributed by atoms with Gasteiger partial charge in [0.25, 0.3) is 0 Å². The summed E-state index contributed by atoms with van der Waals surface area (Å²) >= 11 is 0. The van der Waals surface area contributed by atoms with E-state index in [1.807, 2.05) is 0 Å². The molecule has 12 heavy (non-hydrogen) atoms. The Morgan fingerprint density at radius 2 is 2.08 bits per heavy atom. The highest BCUT2D eigenvalue weighted by Crippen LogP contribution is 1.72. The van der Waals surface area contributed by atoms with E-state index in [4.69, 9.17) is 9.84 Å². The Labute approximate surface area is 72.1 Å². The van der Waals surface area contributed by atoms with E-state index in [1.165, 1.54) is 0 Å². The minimum atomic E-state index is -0.222. The fraction of sp³-hybridized carbons (Fsp3) is 0.857. The first-order valence-corrected chi connectivity index (χ1v) is 3.92. The molecule has 0 aliphatic carbocycles. The molecule has 0 aromatic carbocycles. The number of amides is 2. The Hall–Kier alpha value is -0.810. The molecule has 0 aliphatic heterocycles. The SMILES string of the molecule is COCCNC(=O)NCCCO. The molecule has 0 spiro atoms. The summed E-state index contributed by atoms with van der Waals surface area (Å²) in [5, 5.41) is 13.6. The zero-order chi connectivity index (χ0) is 9.23. The van der Waals surface area contributed by atoms with Crippen molar-refractivity contribution in [3.8, 4) is 0 Å². The summed E-state index contributed by atoms with van der Waals surface area (Å²) in [6.45, 7) is 1.60. The van der Waals surface area contributed by atoms with Crippen LogP contribution in [0.2, 0.25) is 0 Å². The van der Waals surface area contributed by atoms with E-state index < -0.39 is 0 Å². The molecular weight excluding hydrogens is 160 g/mol. The molecule has 0 aromatic rings. The van der Waals surface area contributed by atoms with Gasteiger partial charge in [-0.15, -0.1) is 0 Å². The lowest BCUT2D eigenvalue weighted by Crippen LogP contribution is -2.37. The average molecular weight is 176 g/mol. The Bertz CT molecular complexity index is 107. The van der Waals surface area contributed by atoms with Crippen molar-refractivity contribution in [1.29, 1.82) is 0 Å². The van der Waals surface area contributed by atoms with Gasteiger partial charge in [0, 0.05) is 26.8 Å². The van der Waals surface area contributed by atoms with Gasteiger partial charge in [-0.1, -0.05) is 0 Å². The number of hydrogen-bond acceptors (Lipinski definition) is 3.